The average molecular weight is 299 g/mol. The number of amides is 1. The number of hydrogen-bond acceptors (Lipinski definition) is 4. The van der Waals surface area contributed by atoms with Crippen molar-refractivity contribution < 1.29 is 9.53 Å². The van der Waals surface area contributed by atoms with Gasteiger partial charge in [0.2, 0.25) is 0 Å². The van der Waals surface area contributed by atoms with E-state index in [-0.39, 0.29) is 12.1 Å². The van der Waals surface area contributed by atoms with Gasteiger partial charge in [-0.25, -0.2) is 4.79 Å². The van der Waals surface area contributed by atoms with Gasteiger partial charge < -0.3 is 15.8 Å². The summed E-state index contributed by atoms with van der Waals surface area (Å²) in [6, 6.07) is 0.202. The highest BCUT2D eigenvalue weighted by Gasteiger charge is 2.23. The molecule has 5 nitrogen and oxygen atoms in total. The molecule has 3 N–H and O–H groups in total. The highest BCUT2D eigenvalue weighted by molar-refractivity contribution is 5.67. The number of nitrogens with zero attached hydrogens (tertiary/aromatic N) is 1. The molecule has 0 spiro atoms. The lowest BCUT2D eigenvalue weighted by molar-refractivity contribution is 0.0508. The van der Waals surface area contributed by atoms with Gasteiger partial charge in [-0.1, -0.05) is 13.3 Å². The number of nitrogens with two attached hydrogens (primary N) is 1. The van der Waals surface area contributed by atoms with Gasteiger partial charge in [0.05, 0.1) is 0 Å². The minimum Gasteiger partial charge on any atom is -0.444 e. The second-order valence-corrected chi connectivity index (χ2v) is 7.01. The van der Waals surface area contributed by atoms with Crippen LogP contribution in [0.4, 0.5) is 4.79 Å². The summed E-state index contributed by atoms with van der Waals surface area (Å²) in [4.78, 5) is 14.2. The van der Waals surface area contributed by atoms with Crippen LogP contribution in [0.15, 0.2) is 0 Å². The number of carbonyl (C=O) groups is 1. The molecule has 1 fully saturated rings. The van der Waals surface area contributed by atoms with Crippen LogP contribution in [-0.4, -0.2) is 48.8 Å². The van der Waals surface area contributed by atoms with Gasteiger partial charge in [-0.05, 0) is 59.0 Å². The lowest BCUT2D eigenvalue weighted by atomic mass is 9.98. The molecule has 1 aliphatic heterocycles. The molecule has 124 valence electrons. The third-order valence-corrected chi connectivity index (χ3v) is 4.13. The minimum absolute atomic E-state index is 0.202. The number of hydrogen-bond donors (Lipinski definition) is 2. The molecule has 0 aromatic carbocycles. The summed E-state index contributed by atoms with van der Waals surface area (Å²) in [6.45, 7) is 11.1. The number of likely N-dealkylation sites (tertiary alicyclic amines) is 1. The summed E-state index contributed by atoms with van der Waals surface area (Å²) in [5.41, 5.74) is 5.44. The van der Waals surface area contributed by atoms with E-state index in [1.165, 1.54) is 25.7 Å². The molecule has 1 saturated heterocycles. The minimum atomic E-state index is -0.459. The Bertz CT molecular complexity index is 315. The van der Waals surface area contributed by atoms with Crippen molar-refractivity contribution in [3.63, 3.8) is 0 Å². The number of nitrogens with one attached hydrogen (secondary N) is 1. The molecule has 2 atom stereocenters. The van der Waals surface area contributed by atoms with Gasteiger partial charge in [-0.2, -0.15) is 0 Å². The van der Waals surface area contributed by atoms with Gasteiger partial charge in [0.15, 0.2) is 0 Å². The van der Waals surface area contributed by atoms with Crippen molar-refractivity contribution in [3.8, 4) is 0 Å². The largest absolute Gasteiger partial charge is 0.444 e. The van der Waals surface area contributed by atoms with Crippen LogP contribution in [0.25, 0.3) is 0 Å². The van der Waals surface area contributed by atoms with Crippen LogP contribution in [0.2, 0.25) is 0 Å². The molecule has 1 amide bonds. The predicted octanol–water partition coefficient (Wildman–Crippen LogP) is 2.35. The zero-order valence-electron chi connectivity index (χ0n) is 14.2. The fraction of sp³-hybridized carbons (Fsp3) is 0.938. The zero-order chi connectivity index (χ0) is 15.9. The van der Waals surface area contributed by atoms with Crippen LogP contribution in [0.3, 0.4) is 0 Å². The second kappa shape index (κ2) is 8.59. The second-order valence-electron chi connectivity index (χ2n) is 7.01. The number of rotatable bonds is 5. The highest BCUT2D eigenvalue weighted by atomic mass is 16.6. The van der Waals surface area contributed by atoms with E-state index in [0.29, 0.717) is 13.1 Å². The fourth-order valence-corrected chi connectivity index (χ4v) is 2.84. The highest BCUT2D eigenvalue weighted by Crippen LogP contribution is 2.21. The smallest absolute Gasteiger partial charge is 0.407 e. The van der Waals surface area contributed by atoms with Crippen molar-refractivity contribution in [3.05, 3.63) is 0 Å². The standard InChI is InChI=1S/C16H33N3O2/c1-5-13-7-6-9-19(10-8-13)14(11-17)12-18-15(20)21-16(2,3)4/h13-14H,5-12,17H2,1-4H3,(H,18,20). The van der Waals surface area contributed by atoms with Crippen molar-refractivity contribution in [1.29, 1.82) is 0 Å². The molecule has 1 heterocycles. The van der Waals surface area contributed by atoms with Crippen LogP contribution in [0, 0.1) is 5.92 Å². The van der Waals surface area contributed by atoms with E-state index in [1.54, 1.807) is 0 Å². The van der Waals surface area contributed by atoms with E-state index in [4.69, 9.17) is 10.5 Å². The van der Waals surface area contributed by atoms with Gasteiger partial charge in [0.25, 0.3) is 0 Å². The molecule has 0 saturated carbocycles. The van der Waals surface area contributed by atoms with Gasteiger partial charge >= 0.3 is 6.09 Å². The maximum atomic E-state index is 11.7. The molecular formula is C16H33N3O2. The van der Waals surface area contributed by atoms with E-state index in [0.717, 1.165) is 19.0 Å². The first kappa shape index (κ1) is 18.2. The monoisotopic (exact) mass is 299 g/mol. The Morgan fingerprint density at radius 3 is 2.67 bits per heavy atom. The van der Waals surface area contributed by atoms with Gasteiger partial charge in [-0.3, -0.25) is 4.90 Å². The molecule has 2 unspecified atom stereocenters. The van der Waals surface area contributed by atoms with Crippen molar-refractivity contribution in [2.45, 2.75) is 65.0 Å². The third kappa shape index (κ3) is 7.14. The number of carbonyl (C=O) groups excluding carboxylic acids is 1. The first-order valence-corrected chi connectivity index (χ1v) is 8.26. The molecule has 21 heavy (non-hydrogen) atoms. The van der Waals surface area contributed by atoms with E-state index in [2.05, 4.69) is 17.1 Å². The molecule has 0 aromatic rings. The molecule has 0 aromatic heterocycles. The SMILES string of the molecule is CCC1CCCN(C(CN)CNC(=O)OC(C)(C)C)CC1. The number of ether oxygens (including phenoxy) is 1. The first-order valence-electron chi connectivity index (χ1n) is 8.26. The Hall–Kier alpha value is -0.810. The van der Waals surface area contributed by atoms with Crippen LogP contribution in [-0.2, 0) is 4.74 Å². The van der Waals surface area contributed by atoms with Gasteiger partial charge in [-0.15, -0.1) is 0 Å². The van der Waals surface area contributed by atoms with Crippen molar-refractivity contribution in [1.82, 2.24) is 10.2 Å². The Kier molecular flexibility index (Phi) is 7.46. The van der Waals surface area contributed by atoms with Gasteiger partial charge in [0.1, 0.15) is 5.60 Å². The molecule has 0 bridgehead atoms. The van der Waals surface area contributed by atoms with E-state index in [1.807, 2.05) is 20.8 Å². The van der Waals surface area contributed by atoms with E-state index < -0.39 is 5.60 Å². The van der Waals surface area contributed by atoms with Crippen LogP contribution >= 0.6 is 0 Å². The normalized spacial score (nSPS) is 22.4. The summed E-state index contributed by atoms with van der Waals surface area (Å²) in [5, 5.41) is 2.85. The predicted molar refractivity (Wildman–Crippen MR) is 86.3 cm³/mol. The fourth-order valence-electron chi connectivity index (χ4n) is 2.84. The number of alkyl carbamates (subject to hydrolysis) is 1. The molecule has 5 heteroatoms. The summed E-state index contributed by atoms with van der Waals surface area (Å²) in [5.74, 6) is 0.840. The maximum absolute atomic E-state index is 11.7. The summed E-state index contributed by atoms with van der Waals surface area (Å²) >= 11 is 0. The molecule has 0 aliphatic carbocycles. The van der Waals surface area contributed by atoms with Crippen LogP contribution in [0.5, 0.6) is 0 Å². The zero-order valence-corrected chi connectivity index (χ0v) is 14.2. The van der Waals surface area contributed by atoms with Crippen LogP contribution < -0.4 is 11.1 Å². The Labute approximate surface area is 129 Å². The summed E-state index contributed by atoms with van der Waals surface area (Å²) in [7, 11) is 0. The Morgan fingerprint density at radius 1 is 1.38 bits per heavy atom. The van der Waals surface area contributed by atoms with Crippen molar-refractivity contribution in [2.75, 3.05) is 26.2 Å². The summed E-state index contributed by atoms with van der Waals surface area (Å²) < 4.78 is 5.27. The first-order chi connectivity index (χ1) is 9.85. The van der Waals surface area contributed by atoms with Crippen molar-refractivity contribution >= 4 is 6.09 Å². The van der Waals surface area contributed by atoms with E-state index >= 15 is 0 Å². The molecule has 0 radical (unpaired) electrons. The van der Waals surface area contributed by atoms with Crippen LogP contribution in [0.1, 0.15) is 53.4 Å². The van der Waals surface area contributed by atoms with E-state index in [9.17, 15) is 4.79 Å². The lowest BCUT2D eigenvalue weighted by Gasteiger charge is -2.30. The maximum Gasteiger partial charge on any atom is 0.407 e. The molecule has 1 rings (SSSR count). The van der Waals surface area contributed by atoms with Crippen molar-refractivity contribution in [2.24, 2.45) is 11.7 Å². The molecule has 1 aliphatic rings. The lowest BCUT2D eigenvalue weighted by Crippen LogP contribution is -2.49. The molecular weight excluding hydrogens is 266 g/mol. The quantitative estimate of drug-likeness (QED) is 0.818. The summed E-state index contributed by atoms with van der Waals surface area (Å²) in [6.07, 6.45) is 4.67. The topological polar surface area (TPSA) is 67.6 Å². The third-order valence-electron chi connectivity index (χ3n) is 4.13. The average Bonchev–Trinajstić information content (AvgIpc) is 2.63. The Balaban J connectivity index is 2.42. The Morgan fingerprint density at radius 2 is 2.10 bits per heavy atom. The van der Waals surface area contributed by atoms with Gasteiger partial charge in [0, 0.05) is 19.1 Å².